The Morgan fingerprint density at radius 2 is 2.00 bits per heavy atom. The molecular weight excluding hydrogens is 265 g/mol. The van der Waals surface area contributed by atoms with Crippen molar-refractivity contribution in [1.82, 2.24) is 0 Å². The monoisotopic (exact) mass is 285 g/mol. The fourth-order valence-corrected chi connectivity index (χ4v) is 1.71. The molecule has 2 N–H and O–H groups in total. The van der Waals surface area contributed by atoms with Crippen LogP contribution in [0.5, 0.6) is 0 Å². The van der Waals surface area contributed by atoms with Crippen LogP contribution in [0.4, 0.5) is 4.39 Å². The second-order valence-electron chi connectivity index (χ2n) is 4.69. The molecule has 0 spiro atoms. The summed E-state index contributed by atoms with van der Waals surface area (Å²) < 4.78 is 24.0. The molecule has 3 nitrogen and oxygen atoms in total. The molecule has 0 saturated heterocycles. The van der Waals surface area contributed by atoms with Gasteiger partial charge in [0, 0.05) is 12.2 Å². The van der Waals surface area contributed by atoms with E-state index < -0.39 is 0 Å². The third-order valence-electron chi connectivity index (χ3n) is 2.42. The zero-order valence-corrected chi connectivity index (χ0v) is 12.1. The van der Waals surface area contributed by atoms with Crippen LogP contribution in [0.15, 0.2) is 18.2 Å². The molecule has 0 bridgehead atoms. The van der Waals surface area contributed by atoms with E-state index in [1.807, 2.05) is 0 Å². The number of nitrogens with two attached hydrogens (primary N) is 1. The highest BCUT2D eigenvalue weighted by molar-refractivity contribution is 7.80. The van der Waals surface area contributed by atoms with Gasteiger partial charge in [0.2, 0.25) is 0 Å². The second kappa shape index (κ2) is 8.19. The number of ether oxygens (including phenoxy) is 2. The first-order valence-electron chi connectivity index (χ1n) is 6.24. The van der Waals surface area contributed by atoms with Gasteiger partial charge in [-0.15, -0.1) is 0 Å². The molecule has 19 heavy (non-hydrogen) atoms. The minimum atomic E-state index is -0.355. The van der Waals surface area contributed by atoms with Crippen molar-refractivity contribution in [1.29, 1.82) is 0 Å². The van der Waals surface area contributed by atoms with Gasteiger partial charge in [0.05, 0.1) is 19.8 Å². The summed E-state index contributed by atoms with van der Waals surface area (Å²) in [5.74, 6) is 0.158. The molecule has 5 heteroatoms. The van der Waals surface area contributed by atoms with E-state index in [1.165, 1.54) is 12.1 Å². The highest BCUT2D eigenvalue weighted by Gasteiger charge is 2.07. The van der Waals surface area contributed by atoms with Crippen molar-refractivity contribution in [3.05, 3.63) is 35.1 Å². The van der Waals surface area contributed by atoms with Gasteiger partial charge in [0.15, 0.2) is 0 Å². The molecule has 0 heterocycles. The Kier molecular flexibility index (Phi) is 6.91. The Hall–Kier alpha value is -1.04. The molecule has 0 saturated carbocycles. The molecule has 106 valence electrons. The van der Waals surface area contributed by atoms with Crippen molar-refractivity contribution in [3.63, 3.8) is 0 Å². The minimum Gasteiger partial charge on any atom is -0.389 e. The van der Waals surface area contributed by atoms with Crippen LogP contribution in [0.25, 0.3) is 0 Å². The van der Waals surface area contributed by atoms with E-state index in [4.69, 9.17) is 27.4 Å². The van der Waals surface area contributed by atoms with Crippen LogP contribution in [-0.4, -0.2) is 24.8 Å². The average molecular weight is 285 g/mol. The highest BCUT2D eigenvalue weighted by atomic mass is 32.1. The predicted molar refractivity (Wildman–Crippen MR) is 77.6 cm³/mol. The third kappa shape index (κ3) is 6.09. The number of halogens is 1. The van der Waals surface area contributed by atoms with Gasteiger partial charge in [0.25, 0.3) is 0 Å². The molecule has 1 aromatic carbocycles. The zero-order valence-electron chi connectivity index (χ0n) is 11.3. The van der Waals surface area contributed by atoms with Crippen LogP contribution < -0.4 is 5.73 Å². The standard InChI is InChI=1S/C14H20FNO2S/c1-10(2)8-17-5-6-18-9-11-3-4-12(15)7-13(11)14(16)19/h3-4,7,10H,5-6,8-9H2,1-2H3,(H2,16,19). The van der Waals surface area contributed by atoms with Crippen molar-refractivity contribution in [2.75, 3.05) is 19.8 Å². The SMILES string of the molecule is CC(C)COCCOCc1ccc(F)cc1C(N)=S. The largest absolute Gasteiger partial charge is 0.389 e. The second-order valence-corrected chi connectivity index (χ2v) is 5.13. The van der Waals surface area contributed by atoms with Gasteiger partial charge in [-0.25, -0.2) is 4.39 Å². The van der Waals surface area contributed by atoms with E-state index >= 15 is 0 Å². The maximum atomic E-state index is 13.1. The lowest BCUT2D eigenvalue weighted by molar-refractivity contribution is 0.0314. The first kappa shape index (κ1) is 16.0. The fourth-order valence-electron chi connectivity index (χ4n) is 1.52. The molecule has 0 aliphatic heterocycles. The summed E-state index contributed by atoms with van der Waals surface area (Å²) in [5, 5.41) is 0. The van der Waals surface area contributed by atoms with Gasteiger partial charge in [-0.2, -0.15) is 0 Å². The topological polar surface area (TPSA) is 44.5 Å². The molecule has 0 aliphatic carbocycles. The minimum absolute atomic E-state index is 0.175. The molecule has 0 aliphatic rings. The maximum absolute atomic E-state index is 13.1. The van der Waals surface area contributed by atoms with E-state index in [1.54, 1.807) is 6.07 Å². The molecule has 0 radical (unpaired) electrons. The van der Waals surface area contributed by atoms with Crippen molar-refractivity contribution < 1.29 is 13.9 Å². The lowest BCUT2D eigenvalue weighted by Crippen LogP contribution is -2.14. The summed E-state index contributed by atoms with van der Waals surface area (Å²) in [6.07, 6.45) is 0. The summed E-state index contributed by atoms with van der Waals surface area (Å²) in [4.78, 5) is 0.175. The van der Waals surface area contributed by atoms with Gasteiger partial charge in [-0.3, -0.25) is 0 Å². The number of hydrogen-bond donors (Lipinski definition) is 1. The Bertz CT molecular complexity index is 424. The average Bonchev–Trinajstić information content (AvgIpc) is 2.34. The lowest BCUT2D eigenvalue weighted by atomic mass is 10.1. The Labute approximate surface area is 118 Å². The summed E-state index contributed by atoms with van der Waals surface area (Å²) in [7, 11) is 0. The van der Waals surface area contributed by atoms with Gasteiger partial charge in [-0.1, -0.05) is 32.1 Å². The van der Waals surface area contributed by atoms with Gasteiger partial charge < -0.3 is 15.2 Å². The Morgan fingerprint density at radius 3 is 2.63 bits per heavy atom. The van der Waals surface area contributed by atoms with Gasteiger partial charge in [0.1, 0.15) is 10.8 Å². The normalized spacial score (nSPS) is 10.9. The summed E-state index contributed by atoms with van der Waals surface area (Å²) >= 11 is 4.89. The van der Waals surface area contributed by atoms with Gasteiger partial charge in [-0.05, 0) is 23.6 Å². The molecule has 0 unspecified atom stereocenters. The summed E-state index contributed by atoms with van der Waals surface area (Å²) in [6, 6.07) is 4.34. The molecule has 0 atom stereocenters. The molecule has 0 fully saturated rings. The van der Waals surface area contributed by atoms with Crippen LogP contribution in [0, 0.1) is 11.7 Å². The first-order chi connectivity index (χ1) is 9.00. The number of benzene rings is 1. The van der Waals surface area contributed by atoms with Gasteiger partial charge >= 0.3 is 0 Å². The van der Waals surface area contributed by atoms with Crippen LogP contribution >= 0.6 is 12.2 Å². The van der Waals surface area contributed by atoms with Crippen molar-refractivity contribution in [2.24, 2.45) is 11.7 Å². The molecule has 1 rings (SSSR count). The lowest BCUT2D eigenvalue weighted by Gasteiger charge is -2.10. The summed E-state index contributed by atoms with van der Waals surface area (Å²) in [6.45, 7) is 6.28. The first-order valence-corrected chi connectivity index (χ1v) is 6.65. The summed E-state index contributed by atoms with van der Waals surface area (Å²) in [5.41, 5.74) is 6.87. The predicted octanol–water partition coefficient (Wildman–Crippen LogP) is 2.65. The van der Waals surface area contributed by atoms with Crippen LogP contribution in [-0.2, 0) is 16.1 Å². The van der Waals surface area contributed by atoms with Crippen LogP contribution in [0.1, 0.15) is 25.0 Å². The molecular formula is C14H20FNO2S. The molecule has 0 aromatic heterocycles. The molecule has 0 amide bonds. The van der Waals surface area contributed by atoms with Crippen LogP contribution in [0.2, 0.25) is 0 Å². The van der Waals surface area contributed by atoms with Crippen molar-refractivity contribution in [2.45, 2.75) is 20.5 Å². The smallest absolute Gasteiger partial charge is 0.123 e. The van der Waals surface area contributed by atoms with E-state index in [9.17, 15) is 4.39 Å². The Balaban J connectivity index is 2.39. The van der Waals surface area contributed by atoms with E-state index in [2.05, 4.69) is 13.8 Å². The zero-order chi connectivity index (χ0) is 14.3. The van der Waals surface area contributed by atoms with E-state index in [0.717, 1.165) is 12.2 Å². The van der Waals surface area contributed by atoms with E-state index in [-0.39, 0.29) is 10.8 Å². The molecule has 1 aromatic rings. The van der Waals surface area contributed by atoms with E-state index in [0.29, 0.717) is 31.3 Å². The third-order valence-corrected chi connectivity index (χ3v) is 2.64. The number of hydrogen-bond acceptors (Lipinski definition) is 3. The number of rotatable bonds is 8. The quantitative estimate of drug-likeness (QED) is 0.589. The van der Waals surface area contributed by atoms with Crippen molar-refractivity contribution in [3.8, 4) is 0 Å². The van der Waals surface area contributed by atoms with Crippen LogP contribution in [0.3, 0.4) is 0 Å². The fraction of sp³-hybridized carbons (Fsp3) is 0.500. The maximum Gasteiger partial charge on any atom is 0.123 e. The van der Waals surface area contributed by atoms with Crippen molar-refractivity contribution >= 4 is 17.2 Å². The number of thiocarbonyl (C=S) groups is 1. The highest BCUT2D eigenvalue weighted by Crippen LogP contribution is 2.12. The Morgan fingerprint density at radius 1 is 1.32 bits per heavy atom.